The number of nitrogens with one attached hydrogen (secondary N) is 1. The standard InChI is InChI=1S/C13H17N5/c1-2-6-15-12-5-7-16-13(17-12)11-8-14-9-18(11)10-3-4-10/h5,7-10H,2-4,6H2,1H3,(H,15,16,17). The van der Waals surface area contributed by atoms with E-state index in [0.29, 0.717) is 6.04 Å². The van der Waals surface area contributed by atoms with Crippen LogP contribution in [-0.4, -0.2) is 26.1 Å². The fourth-order valence-electron chi connectivity index (χ4n) is 1.96. The maximum absolute atomic E-state index is 4.54. The normalized spacial score (nSPS) is 14.7. The third kappa shape index (κ3) is 2.20. The van der Waals surface area contributed by atoms with E-state index in [-0.39, 0.29) is 0 Å². The third-order valence-corrected chi connectivity index (χ3v) is 3.05. The third-order valence-electron chi connectivity index (χ3n) is 3.05. The molecule has 1 fully saturated rings. The average Bonchev–Trinajstić information content (AvgIpc) is 3.14. The van der Waals surface area contributed by atoms with Gasteiger partial charge in [-0.3, -0.25) is 0 Å². The Balaban J connectivity index is 1.88. The molecule has 1 aliphatic carbocycles. The van der Waals surface area contributed by atoms with Gasteiger partial charge in [0.25, 0.3) is 0 Å². The van der Waals surface area contributed by atoms with Crippen LogP contribution in [-0.2, 0) is 0 Å². The van der Waals surface area contributed by atoms with Crippen LogP contribution in [0.2, 0.25) is 0 Å². The first-order valence-electron chi connectivity index (χ1n) is 6.47. The Hall–Kier alpha value is -1.91. The lowest BCUT2D eigenvalue weighted by molar-refractivity contribution is 0.743. The molecule has 1 saturated carbocycles. The molecule has 0 radical (unpaired) electrons. The lowest BCUT2D eigenvalue weighted by atomic mass is 10.4. The van der Waals surface area contributed by atoms with Gasteiger partial charge in [-0.15, -0.1) is 0 Å². The van der Waals surface area contributed by atoms with E-state index < -0.39 is 0 Å². The molecule has 94 valence electrons. The van der Waals surface area contributed by atoms with Crippen molar-refractivity contribution in [2.24, 2.45) is 0 Å². The summed E-state index contributed by atoms with van der Waals surface area (Å²) in [7, 11) is 0. The highest BCUT2D eigenvalue weighted by molar-refractivity contribution is 5.52. The lowest BCUT2D eigenvalue weighted by Gasteiger charge is -2.07. The van der Waals surface area contributed by atoms with E-state index in [1.54, 1.807) is 6.20 Å². The summed E-state index contributed by atoms with van der Waals surface area (Å²) in [5, 5.41) is 3.28. The van der Waals surface area contributed by atoms with Crippen molar-refractivity contribution < 1.29 is 0 Å². The molecule has 0 aromatic carbocycles. The Morgan fingerprint density at radius 3 is 3.11 bits per heavy atom. The van der Waals surface area contributed by atoms with E-state index in [9.17, 15) is 0 Å². The van der Waals surface area contributed by atoms with Gasteiger partial charge in [0, 0.05) is 18.8 Å². The van der Waals surface area contributed by atoms with Crippen LogP contribution < -0.4 is 5.32 Å². The highest BCUT2D eigenvalue weighted by Crippen LogP contribution is 2.37. The minimum atomic E-state index is 0.596. The Morgan fingerprint density at radius 2 is 2.33 bits per heavy atom. The van der Waals surface area contributed by atoms with Crippen molar-refractivity contribution in [3.05, 3.63) is 24.8 Å². The molecule has 0 bridgehead atoms. The maximum Gasteiger partial charge on any atom is 0.179 e. The van der Waals surface area contributed by atoms with Crippen LogP contribution in [0.1, 0.15) is 32.2 Å². The highest BCUT2D eigenvalue weighted by atomic mass is 15.1. The molecule has 1 N–H and O–H groups in total. The van der Waals surface area contributed by atoms with Gasteiger partial charge in [-0.1, -0.05) is 6.92 Å². The van der Waals surface area contributed by atoms with Gasteiger partial charge >= 0.3 is 0 Å². The zero-order valence-electron chi connectivity index (χ0n) is 10.5. The zero-order chi connectivity index (χ0) is 12.4. The van der Waals surface area contributed by atoms with E-state index >= 15 is 0 Å². The molecule has 0 spiro atoms. The highest BCUT2D eigenvalue weighted by Gasteiger charge is 2.26. The van der Waals surface area contributed by atoms with Crippen molar-refractivity contribution in [3.8, 4) is 11.5 Å². The molecule has 0 unspecified atom stereocenters. The van der Waals surface area contributed by atoms with Crippen LogP contribution in [0.3, 0.4) is 0 Å². The smallest absolute Gasteiger partial charge is 0.179 e. The molecule has 0 saturated heterocycles. The lowest BCUT2D eigenvalue weighted by Crippen LogP contribution is -2.04. The second-order valence-electron chi connectivity index (χ2n) is 4.61. The Kier molecular flexibility index (Phi) is 2.96. The van der Waals surface area contributed by atoms with Gasteiger partial charge in [-0.2, -0.15) is 0 Å². The second-order valence-corrected chi connectivity index (χ2v) is 4.61. The van der Waals surface area contributed by atoms with Crippen LogP contribution in [0.25, 0.3) is 11.5 Å². The van der Waals surface area contributed by atoms with Gasteiger partial charge in [0.1, 0.15) is 11.5 Å². The van der Waals surface area contributed by atoms with Gasteiger partial charge < -0.3 is 9.88 Å². The topological polar surface area (TPSA) is 55.6 Å². The Bertz CT molecular complexity index is 530. The number of hydrogen-bond acceptors (Lipinski definition) is 4. The van der Waals surface area contributed by atoms with Gasteiger partial charge in [-0.05, 0) is 25.3 Å². The minimum Gasteiger partial charge on any atom is -0.370 e. The van der Waals surface area contributed by atoms with Crippen LogP contribution >= 0.6 is 0 Å². The molecule has 3 rings (SSSR count). The summed E-state index contributed by atoms with van der Waals surface area (Å²) in [5.74, 6) is 1.63. The fraction of sp³-hybridized carbons (Fsp3) is 0.462. The summed E-state index contributed by atoms with van der Waals surface area (Å²) >= 11 is 0. The molecule has 2 heterocycles. The molecule has 5 nitrogen and oxygen atoms in total. The predicted octanol–water partition coefficient (Wildman–Crippen LogP) is 2.50. The molecule has 0 amide bonds. The monoisotopic (exact) mass is 243 g/mol. The summed E-state index contributed by atoms with van der Waals surface area (Å²) in [5.41, 5.74) is 1.01. The Labute approximate surface area is 106 Å². The molecule has 1 aliphatic rings. The summed E-state index contributed by atoms with van der Waals surface area (Å²) < 4.78 is 2.18. The van der Waals surface area contributed by atoms with E-state index in [2.05, 4.69) is 31.8 Å². The van der Waals surface area contributed by atoms with Crippen molar-refractivity contribution in [2.75, 3.05) is 11.9 Å². The molecule has 0 aliphatic heterocycles. The molecule has 0 atom stereocenters. The van der Waals surface area contributed by atoms with Gasteiger partial charge in [0.15, 0.2) is 5.82 Å². The predicted molar refractivity (Wildman–Crippen MR) is 70.3 cm³/mol. The molecule has 2 aromatic heterocycles. The Morgan fingerprint density at radius 1 is 1.44 bits per heavy atom. The minimum absolute atomic E-state index is 0.596. The number of rotatable bonds is 5. The average molecular weight is 243 g/mol. The first-order valence-corrected chi connectivity index (χ1v) is 6.47. The van der Waals surface area contributed by atoms with E-state index in [1.807, 2.05) is 18.6 Å². The van der Waals surface area contributed by atoms with Crippen molar-refractivity contribution in [3.63, 3.8) is 0 Å². The fourth-order valence-corrected chi connectivity index (χ4v) is 1.96. The van der Waals surface area contributed by atoms with Crippen molar-refractivity contribution in [1.29, 1.82) is 0 Å². The number of anilines is 1. The van der Waals surface area contributed by atoms with Crippen molar-refractivity contribution >= 4 is 5.82 Å². The van der Waals surface area contributed by atoms with E-state index in [0.717, 1.165) is 30.3 Å². The number of imidazole rings is 1. The molecule has 2 aromatic rings. The second kappa shape index (κ2) is 4.76. The SMILES string of the molecule is CCCNc1ccnc(-c2cncn2C2CC2)n1. The van der Waals surface area contributed by atoms with Crippen molar-refractivity contribution in [2.45, 2.75) is 32.2 Å². The molecular formula is C13H17N5. The maximum atomic E-state index is 4.54. The zero-order valence-corrected chi connectivity index (χ0v) is 10.5. The number of nitrogens with zero attached hydrogens (tertiary/aromatic N) is 4. The quantitative estimate of drug-likeness (QED) is 0.876. The van der Waals surface area contributed by atoms with Gasteiger partial charge in [0.05, 0.1) is 12.5 Å². The van der Waals surface area contributed by atoms with Gasteiger partial charge in [-0.25, -0.2) is 15.0 Å². The van der Waals surface area contributed by atoms with Gasteiger partial charge in [0.2, 0.25) is 0 Å². The first-order chi connectivity index (χ1) is 8.88. The molecule has 18 heavy (non-hydrogen) atoms. The van der Waals surface area contributed by atoms with Crippen LogP contribution in [0.4, 0.5) is 5.82 Å². The molecular weight excluding hydrogens is 226 g/mol. The van der Waals surface area contributed by atoms with E-state index in [4.69, 9.17) is 0 Å². The van der Waals surface area contributed by atoms with Crippen LogP contribution in [0.15, 0.2) is 24.8 Å². The largest absolute Gasteiger partial charge is 0.370 e. The van der Waals surface area contributed by atoms with Crippen LogP contribution in [0, 0.1) is 0 Å². The first kappa shape index (κ1) is 11.2. The summed E-state index contributed by atoms with van der Waals surface area (Å²) in [6, 6.07) is 2.50. The van der Waals surface area contributed by atoms with Crippen LogP contribution in [0.5, 0.6) is 0 Å². The van der Waals surface area contributed by atoms with E-state index in [1.165, 1.54) is 12.8 Å². The molecule has 5 heteroatoms. The summed E-state index contributed by atoms with van der Waals surface area (Å²) in [6.07, 6.45) is 9.07. The number of hydrogen-bond donors (Lipinski definition) is 1. The van der Waals surface area contributed by atoms with Crippen molar-refractivity contribution in [1.82, 2.24) is 19.5 Å². The summed E-state index contributed by atoms with van der Waals surface area (Å²) in [4.78, 5) is 13.1. The summed E-state index contributed by atoms with van der Waals surface area (Å²) in [6.45, 7) is 3.07. The number of aromatic nitrogens is 4.